The number of carboxylic acid groups (broad SMARTS) is 1. The van der Waals surface area contributed by atoms with Crippen LogP contribution in [0.1, 0.15) is 24.2 Å². The van der Waals surface area contributed by atoms with E-state index in [2.05, 4.69) is 0 Å². The number of aliphatic hydroxyl groups excluding tert-OH is 1. The standard InChI is InChI=1S/C11H13FO4/c1-6(13)7(2)16-8-3-4-9(11(14)15)10(12)5-8/h3-7,13H,1-2H3,(H,14,15). The molecule has 1 aromatic rings. The molecule has 0 aliphatic carbocycles. The van der Waals surface area contributed by atoms with Crippen LogP contribution < -0.4 is 4.74 Å². The van der Waals surface area contributed by atoms with Gasteiger partial charge in [0, 0.05) is 6.07 Å². The summed E-state index contributed by atoms with van der Waals surface area (Å²) in [6, 6.07) is 3.47. The van der Waals surface area contributed by atoms with Crippen molar-refractivity contribution >= 4 is 5.97 Å². The first-order valence-corrected chi connectivity index (χ1v) is 4.79. The Morgan fingerprint density at radius 3 is 2.50 bits per heavy atom. The molecule has 1 rings (SSSR count). The van der Waals surface area contributed by atoms with Crippen LogP contribution in [0.25, 0.3) is 0 Å². The molecule has 0 radical (unpaired) electrons. The molecule has 0 aliphatic rings. The normalized spacial score (nSPS) is 14.2. The molecule has 0 fully saturated rings. The Balaban J connectivity index is 2.85. The summed E-state index contributed by atoms with van der Waals surface area (Å²) < 4.78 is 18.4. The minimum atomic E-state index is -1.33. The summed E-state index contributed by atoms with van der Waals surface area (Å²) in [6.45, 7) is 3.18. The number of aliphatic hydroxyl groups is 1. The van der Waals surface area contributed by atoms with E-state index < -0.39 is 29.6 Å². The van der Waals surface area contributed by atoms with Gasteiger partial charge in [0.25, 0.3) is 0 Å². The van der Waals surface area contributed by atoms with Crippen molar-refractivity contribution in [2.45, 2.75) is 26.1 Å². The highest BCUT2D eigenvalue weighted by atomic mass is 19.1. The molecule has 0 saturated heterocycles. The van der Waals surface area contributed by atoms with Crippen LogP contribution in [0.5, 0.6) is 5.75 Å². The molecule has 1 aromatic carbocycles. The van der Waals surface area contributed by atoms with Crippen molar-refractivity contribution in [3.63, 3.8) is 0 Å². The number of carbonyl (C=O) groups is 1. The van der Waals surface area contributed by atoms with Crippen molar-refractivity contribution in [1.82, 2.24) is 0 Å². The predicted molar refractivity (Wildman–Crippen MR) is 55.1 cm³/mol. The SMILES string of the molecule is CC(O)C(C)Oc1ccc(C(=O)O)c(F)c1. The Morgan fingerprint density at radius 1 is 1.44 bits per heavy atom. The van der Waals surface area contributed by atoms with E-state index in [-0.39, 0.29) is 5.75 Å². The fourth-order valence-corrected chi connectivity index (χ4v) is 1.06. The molecular weight excluding hydrogens is 215 g/mol. The van der Waals surface area contributed by atoms with Crippen molar-refractivity contribution < 1.29 is 24.1 Å². The Labute approximate surface area is 92.3 Å². The lowest BCUT2D eigenvalue weighted by Gasteiger charge is -2.17. The summed E-state index contributed by atoms with van der Waals surface area (Å²) in [6.07, 6.45) is -1.18. The molecule has 0 aliphatic heterocycles. The lowest BCUT2D eigenvalue weighted by Crippen LogP contribution is -2.25. The maximum atomic E-state index is 13.2. The predicted octanol–water partition coefficient (Wildman–Crippen LogP) is 1.67. The van der Waals surface area contributed by atoms with E-state index in [1.54, 1.807) is 13.8 Å². The van der Waals surface area contributed by atoms with Crippen molar-refractivity contribution in [2.24, 2.45) is 0 Å². The molecule has 0 aromatic heterocycles. The van der Waals surface area contributed by atoms with E-state index in [4.69, 9.17) is 9.84 Å². The zero-order valence-electron chi connectivity index (χ0n) is 8.98. The first-order chi connectivity index (χ1) is 7.41. The number of rotatable bonds is 4. The third-order valence-electron chi connectivity index (χ3n) is 2.17. The summed E-state index contributed by atoms with van der Waals surface area (Å²) in [7, 11) is 0. The minimum absolute atomic E-state index is 0.191. The average Bonchev–Trinajstić information content (AvgIpc) is 2.16. The quantitative estimate of drug-likeness (QED) is 0.822. The van der Waals surface area contributed by atoms with Crippen LogP contribution in [-0.2, 0) is 0 Å². The number of halogens is 1. The number of hydrogen-bond donors (Lipinski definition) is 2. The molecule has 16 heavy (non-hydrogen) atoms. The van der Waals surface area contributed by atoms with Gasteiger partial charge in [-0.1, -0.05) is 0 Å². The smallest absolute Gasteiger partial charge is 0.338 e. The van der Waals surface area contributed by atoms with Crippen LogP contribution in [0.4, 0.5) is 4.39 Å². The van der Waals surface area contributed by atoms with Crippen molar-refractivity contribution in [3.05, 3.63) is 29.6 Å². The van der Waals surface area contributed by atoms with Gasteiger partial charge >= 0.3 is 5.97 Å². The lowest BCUT2D eigenvalue weighted by molar-refractivity contribution is 0.0600. The van der Waals surface area contributed by atoms with E-state index in [0.717, 1.165) is 12.1 Å². The van der Waals surface area contributed by atoms with Gasteiger partial charge in [-0.2, -0.15) is 0 Å². The highest BCUT2D eigenvalue weighted by Crippen LogP contribution is 2.18. The van der Waals surface area contributed by atoms with Gasteiger partial charge in [0.05, 0.1) is 11.7 Å². The van der Waals surface area contributed by atoms with Gasteiger partial charge in [0.1, 0.15) is 17.7 Å². The van der Waals surface area contributed by atoms with Crippen LogP contribution in [-0.4, -0.2) is 28.4 Å². The highest BCUT2D eigenvalue weighted by Gasteiger charge is 2.14. The maximum Gasteiger partial charge on any atom is 0.338 e. The molecule has 2 N–H and O–H groups in total. The van der Waals surface area contributed by atoms with Gasteiger partial charge in [-0.25, -0.2) is 9.18 Å². The Kier molecular flexibility index (Phi) is 3.84. The molecule has 0 spiro atoms. The van der Waals surface area contributed by atoms with E-state index in [0.29, 0.717) is 0 Å². The number of carboxylic acids is 1. The van der Waals surface area contributed by atoms with Crippen molar-refractivity contribution in [2.75, 3.05) is 0 Å². The number of ether oxygens (including phenoxy) is 1. The summed E-state index contributed by atoms with van der Waals surface area (Å²) in [5.41, 5.74) is -0.406. The second-order valence-electron chi connectivity index (χ2n) is 3.51. The molecule has 4 nitrogen and oxygen atoms in total. The zero-order valence-corrected chi connectivity index (χ0v) is 8.98. The van der Waals surface area contributed by atoms with Crippen molar-refractivity contribution in [1.29, 1.82) is 0 Å². The van der Waals surface area contributed by atoms with Gasteiger partial charge in [-0.15, -0.1) is 0 Å². The number of hydrogen-bond acceptors (Lipinski definition) is 3. The third kappa shape index (κ3) is 2.93. The second-order valence-corrected chi connectivity index (χ2v) is 3.51. The summed E-state index contributed by atoms with van der Waals surface area (Å²) in [5, 5.41) is 17.8. The molecule has 2 unspecified atom stereocenters. The van der Waals surface area contributed by atoms with Crippen LogP contribution in [0.3, 0.4) is 0 Å². The fraction of sp³-hybridized carbons (Fsp3) is 0.364. The van der Waals surface area contributed by atoms with Gasteiger partial charge in [-0.3, -0.25) is 0 Å². The first kappa shape index (κ1) is 12.4. The summed E-state index contributed by atoms with van der Waals surface area (Å²) in [5.74, 6) is -1.99. The lowest BCUT2D eigenvalue weighted by atomic mass is 10.2. The number of aromatic carboxylic acids is 1. The van der Waals surface area contributed by atoms with E-state index in [1.165, 1.54) is 6.07 Å². The van der Waals surface area contributed by atoms with Crippen LogP contribution >= 0.6 is 0 Å². The van der Waals surface area contributed by atoms with Gasteiger partial charge in [0.15, 0.2) is 0 Å². The molecule has 5 heteroatoms. The molecule has 2 atom stereocenters. The van der Waals surface area contributed by atoms with E-state index >= 15 is 0 Å². The Morgan fingerprint density at radius 2 is 2.06 bits per heavy atom. The third-order valence-corrected chi connectivity index (χ3v) is 2.17. The monoisotopic (exact) mass is 228 g/mol. The summed E-state index contributed by atoms with van der Waals surface area (Å²) in [4.78, 5) is 10.5. The second kappa shape index (κ2) is 4.94. The van der Waals surface area contributed by atoms with Crippen LogP contribution in [0.15, 0.2) is 18.2 Å². The molecule has 0 saturated carbocycles. The van der Waals surface area contributed by atoms with E-state index in [9.17, 15) is 14.3 Å². The van der Waals surface area contributed by atoms with E-state index in [1.807, 2.05) is 0 Å². The molecule has 0 heterocycles. The van der Waals surface area contributed by atoms with Crippen LogP contribution in [0, 0.1) is 5.82 Å². The minimum Gasteiger partial charge on any atom is -0.488 e. The average molecular weight is 228 g/mol. The van der Waals surface area contributed by atoms with Gasteiger partial charge < -0.3 is 14.9 Å². The molecule has 88 valence electrons. The van der Waals surface area contributed by atoms with Gasteiger partial charge in [-0.05, 0) is 26.0 Å². The largest absolute Gasteiger partial charge is 0.488 e. The first-order valence-electron chi connectivity index (χ1n) is 4.79. The van der Waals surface area contributed by atoms with Crippen molar-refractivity contribution in [3.8, 4) is 5.75 Å². The molecule has 0 bridgehead atoms. The number of benzene rings is 1. The Hall–Kier alpha value is -1.62. The zero-order chi connectivity index (χ0) is 12.3. The topological polar surface area (TPSA) is 66.8 Å². The molecule has 0 amide bonds. The molecular formula is C11H13FO4. The summed E-state index contributed by atoms with van der Waals surface area (Å²) >= 11 is 0. The van der Waals surface area contributed by atoms with Crippen LogP contribution in [0.2, 0.25) is 0 Å². The van der Waals surface area contributed by atoms with Gasteiger partial charge in [0.2, 0.25) is 0 Å². The highest BCUT2D eigenvalue weighted by molar-refractivity contribution is 5.88. The fourth-order valence-electron chi connectivity index (χ4n) is 1.06. The maximum absolute atomic E-state index is 13.2. The Bertz CT molecular complexity index is 390.